The van der Waals surface area contributed by atoms with Crippen LogP contribution in [0.5, 0.6) is 0 Å². The molecule has 1 aliphatic rings. The number of carboxylic acid groups (broad SMARTS) is 1. The summed E-state index contributed by atoms with van der Waals surface area (Å²) in [6, 6.07) is -0.624. The molecule has 1 saturated heterocycles. The Morgan fingerprint density at radius 3 is 3.00 bits per heavy atom. The highest BCUT2D eigenvalue weighted by molar-refractivity contribution is 6.33. The summed E-state index contributed by atoms with van der Waals surface area (Å²) < 4.78 is 1.12. The summed E-state index contributed by atoms with van der Waals surface area (Å²) in [6.45, 7) is 0.575. The predicted octanol–water partition coefficient (Wildman–Crippen LogP) is 0.487. The number of carbonyl (C=O) groups is 1. The molecule has 0 spiro atoms. The van der Waals surface area contributed by atoms with Crippen LogP contribution in [-0.2, 0) is 11.8 Å². The van der Waals surface area contributed by atoms with Gasteiger partial charge in [-0.15, -0.1) is 0 Å². The highest BCUT2D eigenvalue weighted by Crippen LogP contribution is 2.28. The highest BCUT2D eigenvalue weighted by Gasteiger charge is 2.32. The first-order valence-electron chi connectivity index (χ1n) is 5.23. The van der Waals surface area contributed by atoms with Crippen molar-refractivity contribution >= 4 is 23.3 Å². The van der Waals surface area contributed by atoms with E-state index in [1.165, 1.54) is 13.2 Å². The van der Waals surface area contributed by atoms with Crippen LogP contribution in [0.4, 0.5) is 5.69 Å². The van der Waals surface area contributed by atoms with Crippen LogP contribution in [0, 0.1) is 0 Å². The number of halogens is 1. The Morgan fingerprint density at radius 1 is 1.65 bits per heavy atom. The molecular weight excluding hydrogens is 246 g/mol. The molecule has 0 saturated carbocycles. The van der Waals surface area contributed by atoms with Crippen molar-refractivity contribution in [3.63, 3.8) is 0 Å². The molecule has 6 nitrogen and oxygen atoms in total. The van der Waals surface area contributed by atoms with Crippen LogP contribution in [0.2, 0.25) is 5.02 Å². The third-order valence-corrected chi connectivity index (χ3v) is 3.26. The van der Waals surface area contributed by atoms with Crippen LogP contribution in [0.25, 0.3) is 0 Å². The second kappa shape index (κ2) is 4.37. The van der Waals surface area contributed by atoms with Gasteiger partial charge < -0.3 is 10.0 Å². The monoisotopic (exact) mass is 257 g/mol. The fraction of sp³-hybridized carbons (Fsp3) is 0.500. The van der Waals surface area contributed by atoms with Crippen molar-refractivity contribution in [2.45, 2.75) is 18.9 Å². The zero-order valence-corrected chi connectivity index (χ0v) is 10.0. The van der Waals surface area contributed by atoms with Gasteiger partial charge in [0.05, 0.1) is 11.9 Å². The van der Waals surface area contributed by atoms with Gasteiger partial charge in [-0.05, 0) is 12.8 Å². The third kappa shape index (κ3) is 2.00. The van der Waals surface area contributed by atoms with Gasteiger partial charge in [0, 0.05) is 13.6 Å². The normalized spacial score (nSPS) is 19.6. The van der Waals surface area contributed by atoms with Crippen molar-refractivity contribution in [3.05, 3.63) is 21.6 Å². The Kier molecular flexibility index (Phi) is 3.06. The van der Waals surface area contributed by atoms with Crippen LogP contribution >= 0.6 is 11.6 Å². The summed E-state index contributed by atoms with van der Waals surface area (Å²) >= 11 is 5.94. The van der Waals surface area contributed by atoms with E-state index < -0.39 is 17.6 Å². The van der Waals surface area contributed by atoms with Gasteiger partial charge >= 0.3 is 5.97 Å². The van der Waals surface area contributed by atoms with E-state index in [1.807, 2.05) is 0 Å². The molecule has 1 fully saturated rings. The molecule has 1 aromatic heterocycles. The molecule has 1 atom stereocenters. The van der Waals surface area contributed by atoms with E-state index in [-0.39, 0.29) is 5.02 Å². The molecule has 17 heavy (non-hydrogen) atoms. The summed E-state index contributed by atoms with van der Waals surface area (Å²) in [5.74, 6) is -0.903. The van der Waals surface area contributed by atoms with Gasteiger partial charge in [-0.25, -0.2) is 9.48 Å². The molecule has 0 bridgehead atoms. The fourth-order valence-electron chi connectivity index (χ4n) is 2.01. The van der Waals surface area contributed by atoms with Crippen molar-refractivity contribution < 1.29 is 9.90 Å². The minimum Gasteiger partial charge on any atom is -0.480 e. The van der Waals surface area contributed by atoms with Crippen molar-refractivity contribution in [1.82, 2.24) is 9.78 Å². The van der Waals surface area contributed by atoms with Crippen molar-refractivity contribution in [3.8, 4) is 0 Å². The summed E-state index contributed by atoms with van der Waals surface area (Å²) in [6.07, 6.45) is 2.76. The molecular formula is C10H12ClN3O3. The number of aromatic nitrogens is 2. The van der Waals surface area contributed by atoms with Crippen LogP contribution in [0.15, 0.2) is 11.0 Å². The Hall–Kier alpha value is -1.56. The molecule has 2 heterocycles. The Balaban J connectivity index is 2.44. The standard InChI is InChI=1S/C10H12ClN3O3/c1-13-9(15)8(11)7(5-12-13)14-4-2-3-6(14)10(16)17/h5-6H,2-4H2,1H3,(H,16,17)/t6-/m1/s1. The van der Waals surface area contributed by atoms with Gasteiger partial charge in [0.2, 0.25) is 0 Å². The second-order valence-electron chi connectivity index (χ2n) is 3.96. The highest BCUT2D eigenvalue weighted by atomic mass is 35.5. The quantitative estimate of drug-likeness (QED) is 0.834. The maximum absolute atomic E-state index is 11.6. The van der Waals surface area contributed by atoms with E-state index >= 15 is 0 Å². The van der Waals surface area contributed by atoms with Gasteiger partial charge in [-0.2, -0.15) is 5.10 Å². The third-order valence-electron chi connectivity index (χ3n) is 2.91. The molecule has 1 aromatic rings. The zero-order valence-electron chi connectivity index (χ0n) is 9.26. The number of nitrogens with zero attached hydrogens (tertiary/aromatic N) is 3. The lowest BCUT2D eigenvalue weighted by atomic mass is 10.2. The van der Waals surface area contributed by atoms with Crippen molar-refractivity contribution in [1.29, 1.82) is 0 Å². The van der Waals surface area contributed by atoms with E-state index in [4.69, 9.17) is 16.7 Å². The van der Waals surface area contributed by atoms with Crippen molar-refractivity contribution in [2.75, 3.05) is 11.4 Å². The lowest BCUT2D eigenvalue weighted by Gasteiger charge is -2.23. The predicted molar refractivity (Wildman–Crippen MR) is 62.5 cm³/mol. The van der Waals surface area contributed by atoms with Crippen molar-refractivity contribution in [2.24, 2.45) is 7.05 Å². The Bertz CT molecular complexity index is 514. The smallest absolute Gasteiger partial charge is 0.326 e. The van der Waals surface area contributed by atoms with Crippen LogP contribution in [0.3, 0.4) is 0 Å². The number of aliphatic carboxylic acids is 1. The number of aryl methyl sites for hydroxylation is 1. The molecule has 92 valence electrons. The number of anilines is 1. The van der Waals surface area contributed by atoms with E-state index in [0.29, 0.717) is 18.7 Å². The molecule has 2 rings (SSSR count). The number of hydrogen-bond acceptors (Lipinski definition) is 4. The average Bonchev–Trinajstić information content (AvgIpc) is 2.75. The van der Waals surface area contributed by atoms with Gasteiger partial charge in [-0.3, -0.25) is 4.79 Å². The Morgan fingerprint density at radius 2 is 2.35 bits per heavy atom. The van der Waals surface area contributed by atoms with Crippen LogP contribution in [0.1, 0.15) is 12.8 Å². The lowest BCUT2D eigenvalue weighted by Crippen LogP contribution is -2.37. The molecule has 1 aliphatic heterocycles. The molecule has 1 N–H and O–H groups in total. The molecule has 0 radical (unpaired) electrons. The van der Waals surface area contributed by atoms with Gasteiger partial charge in [0.1, 0.15) is 11.1 Å². The van der Waals surface area contributed by atoms with Gasteiger partial charge in [0.25, 0.3) is 5.56 Å². The summed E-state index contributed by atoms with van der Waals surface area (Å²) in [4.78, 5) is 24.3. The molecule has 0 aromatic carbocycles. The zero-order chi connectivity index (χ0) is 12.6. The average molecular weight is 258 g/mol. The first kappa shape index (κ1) is 11.9. The maximum atomic E-state index is 11.6. The number of carboxylic acids is 1. The topological polar surface area (TPSA) is 75.4 Å². The molecule has 0 aliphatic carbocycles. The van der Waals surface area contributed by atoms with E-state index in [0.717, 1.165) is 11.1 Å². The fourth-order valence-corrected chi connectivity index (χ4v) is 2.29. The Labute approximate surface area is 102 Å². The number of rotatable bonds is 2. The molecule has 7 heteroatoms. The summed E-state index contributed by atoms with van der Waals surface area (Å²) in [5.41, 5.74) is -0.0140. The van der Waals surface area contributed by atoms with Gasteiger partial charge in [-0.1, -0.05) is 11.6 Å². The van der Waals surface area contributed by atoms with E-state index in [1.54, 1.807) is 4.90 Å². The van der Waals surface area contributed by atoms with E-state index in [2.05, 4.69) is 5.10 Å². The van der Waals surface area contributed by atoms with Crippen LogP contribution in [-0.4, -0.2) is 33.4 Å². The lowest BCUT2D eigenvalue weighted by molar-refractivity contribution is -0.138. The number of hydrogen-bond donors (Lipinski definition) is 1. The minimum absolute atomic E-state index is 0.0238. The van der Waals surface area contributed by atoms with Gasteiger partial charge in [0.15, 0.2) is 0 Å². The summed E-state index contributed by atoms with van der Waals surface area (Å²) in [7, 11) is 1.50. The first-order valence-corrected chi connectivity index (χ1v) is 5.61. The molecule has 0 unspecified atom stereocenters. The largest absolute Gasteiger partial charge is 0.480 e. The first-order chi connectivity index (χ1) is 8.02. The summed E-state index contributed by atoms with van der Waals surface area (Å²) in [5, 5.41) is 13.0. The minimum atomic E-state index is -0.903. The van der Waals surface area contributed by atoms with E-state index in [9.17, 15) is 9.59 Å². The maximum Gasteiger partial charge on any atom is 0.326 e. The van der Waals surface area contributed by atoms with Crippen LogP contribution < -0.4 is 10.5 Å². The second-order valence-corrected chi connectivity index (χ2v) is 4.34. The molecule has 0 amide bonds. The SMILES string of the molecule is Cn1ncc(N2CCC[C@@H]2C(=O)O)c(Cl)c1=O.